The van der Waals surface area contributed by atoms with Gasteiger partial charge in [-0.1, -0.05) is 18.2 Å². The molecule has 0 atom stereocenters. The Labute approximate surface area is 118 Å². The Balaban J connectivity index is 2.20. The average Bonchev–Trinajstić information content (AvgIpc) is 2.47. The minimum absolute atomic E-state index is 0.220. The molecule has 2 aromatic carbocycles. The van der Waals surface area contributed by atoms with Gasteiger partial charge in [0, 0.05) is 25.7 Å². The number of methoxy groups -OCH3 is 1. The van der Waals surface area contributed by atoms with Crippen molar-refractivity contribution in [3.05, 3.63) is 59.4 Å². The van der Waals surface area contributed by atoms with Crippen LogP contribution in [0.2, 0.25) is 0 Å². The van der Waals surface area contributed by atoms with Gasteiger partial charge in [0.25, 0.3) is 0 Å². The first-order chi connectivity index (χ1) is 9.65. The fourth-order valence-electron chi connectivity index (χ4n) is 2.21. The predicted molar refractivity (Wildman–Crippen MR) is 79.4 cm³/mol. The molecule has 0 bridgehead atoms. The highest BCUT2D eigenvalue weighted by Crippen LogP contribution is 2.23. The lowest BCUT2D eigenvalue weighted by molar-refractivity contribution is 0.409. The van der Waals surface area contributed by atoms with Gasteiger partial charge in [0.15, 0.2) is 0 Å². The monoisotopic (exact) mass is 274 g/mol. The minimum Gasteiger partial charge on any atom is -0.496 e. The quantitative estimate of drug-likeness (QED) is 0.911. The molecule has 0 aliphatic carbocycles. The van der Waals surface area contributed by atoms with Gasteiger partial charge in [0.2, 0.25) is 0 Å². The average molecular weight is 274 g/mol. The van der Waals surface area contributed by atoms with Gasteiger partial charge >= 0.3 is 0 Å². The van der Waals surface area contributed by atoms with Crippen molar-refractivity contribution in [1.29, 1.82) is 0 Å². The van der Waals surface area contributed by atoms with E-state index in [0.29, 0.717) is 18.8 Å². The zero-order chi connectivity index (χ0) is 14.5. The van der Waals surface area contributed by atoms with Crippen LogP contribution in [0.4, 0.5) is 10.1 Å². The summed E-state index contributed by atoms with van der Waals surface area (Å²) in [6, 6.07) is 12.6. The molecule has 2 rings (SSSR count). The molecule has 0 amide bonds. The van der Waals surface area contributed by atoms with E-state index in [1.54, 1.807) is 19.2 Å². The van der Waals surface area contributed by atoms with Gasteiger partial charge in [0.1, 0.15) is 11.6 Å². The van der Waals surface area contributed by atoms with Gasteiger partial charge in [0.05, 0.1) is 12.8 Å². The number of rotatable bonds is 5. The Hall–Kier alpha value is -2.07. The normalized spacial score (nSPS) is 10.4. The second-order valence-corrected chi connectivity index (χ2v) is 4.66. The summed E-state index contributed by atoms with van der Waals surface area (Å²) in [7, 11) is 3.49. The molecule has 0 aromatic heterocycles. The molecule has 0 radical (unpaired) electrons. The second-order valence-electron chi connectivity index (χ2n) is 4.66. The molecule has 3 nitrogen and oxygen atoms in total. The van der Waals surface area contributed by atoms with E-state index in [0.717, 1.165) is 16.9 Å². The summed E-state index contributed by atoms with van der Waals surface area (Å²) in [5, 5.41) is 0. The van der Waals surface area contributed by atoms with Crippen LogP contribution in [0.25, 0.3) is 0 Å². The third kappa shape index (κ3) is 3.08. The summed E-state index contributed by atoms with van der Waals surface area (Å²) in [4.78, 5) is 1.87. The third-order valence-corrected chi connectivity index (χ3v) is 3.25. The van der Waals surface area contributed by atoms with E-state index in [9.17, 15) is 4.39 Å². The molecular weight excluding hydrogens is 255 g/mol. The van der Waals surface area contributed by atoms with Crippen molar-refractivity contribution in [3.8, 4) is 5.75 Å². The van der Waals surface area contributed by atoms with Crippen LogP contribution in [-0.2, 0) is 13.1 Å². The molecule has 4 heteroatoms. The van der Waals surface area contributed by atoms with Gasteiger partial charge in [-0.15, -0.1) is 0 Å². The molecule has 0 saturated heterocycles. The fraction of sp³-hybridized carbons (Fsp3) is 0.250. The zero-order valence-electron chi connectivity index (χ0n) is 11.8. The highest BCUT2D eigenvalue weighted by Gasteiger charge is 2.09. The number of para-hydroxylation sites is 1. The molecule has 20 heavy (non-hydrogen) atoms. The van der Waals surface area contributed by atoms with Gasteiger partial charge in [-0.3, -0.25) is 0 Å². The first-order valence-corrected chi connectivity index (χ1v) is 6.47. The topological polar surface area (TPSA) is 38.5 Å². The van der Waals surface area contributed by atoms with E-state index < -0.39 is 0 Å². The van der Waals surface area contributed by atoms with Gasteiger partial charge in [-0.05, 0) is 29.8 Å². The maximum absolute atomic E-state index is 13.7. The van der Waals surface area contributed by atoms with Gasteiger partial charge in [-0.25, -0.2) is 4.39 Å². The van der Waals surface area contributed by atoms with Crippen LogP contribution < -0.4 is 15.4 Å². The number of halogens is 1. The molecule has 0 saturated carbocycles. The van der Waals surface area contributed by atoms with Crippen LogP contribution in [-0.4, -0.2) is 14.2 Å². The first kappa shape index (κ1) is 14.3. The second kappa shape index (κ2) is 6.39. The van der Waals surface area contributed by atoms with Crippen molar-refractivity contribution >= 4 is 5.69 Å². The molecule has 0 unspecified atom stereocenters. The van der Waals surface area contributed by atoms with Crippen LogP contribution in [0.5, 0.6) is 5.75 Å². The van der Waals surface area contributed by atoms with Crippen molar-refractivity contribution in [2.75, 3.05) is 19.1 Å². The Morgan fingerprint density at radius 2 is 1.95 bits per heavy atom. The molecule has 0 heterocycles. The third-order valence-electron chi connectivity index (χ3n) is 3.25. The maximum Gasteiger partial charge on any atom is 0.146 e. The molecule has 106 valence electrons. The summed E-state index contributed by atoms with van der Waals surface area (Å²) < 4.78 is 19.0. The highest BCUT2D eigenvalue weighted by molar-refractivity contribution is 5.48. The van der Waals surface area contributed by atoms with E-state index in [4.69, 9.17) is 10.5 Å². The lowest BCUT2D eigenvalue weighted by atomic mass is 10.1. The number of nitrogens with zero attached hydrogens (tertiary/aromatic N) is 1. The molecular formula is C16H19FN2O. The molecule has 2 aromatic rings. The first-order valence-electron chi connectivity index (χ1n) is 6.47. The lowest BCUT2D eigenvalue weighted by Gasteiger charge is -2.20. The summed E-state index contributed by atoms with van der Waals surface area (Å²) in [6.07, 6.45) is 0. The highest BCUT2D eigenvalue weighted by atomic mass is 19.1. The van der Waals surface area contributed by atoms with Crippen molar-refractivity contribution in [2.24, 2.45) is 5.73 Å². The molecule has 2 N–H and O–H groups in total. The molecule has 0 spiro atoms. The summed E-state index contributed by atoms with van der Waals surface area (Å²) in [6.45, 7) is 1.03. The van der Waals surface area contributed by atoms with Crippen LogP contribution in [0.3, 0.4) is 0 Å². The van der Waals surface area contributed by atoms with Crippen molar-refractivity contribution in [2.45, 2.75) is 13.1 Å². The van der Waals surface area contributed by atoms with Gasteiger partial charge in [-0.2, -0.15) is 0 Å². The van der Waals surface area contributed by atoms with Crippen molar-refractivity contribution < 1.29 is 9.13 Å². The summed E-state index contributed by atoms with van der Waals surface area (Å²) >= 11 is 0. The Morgan fingerprint density at radius 3 is 2.60 bits per heavy atom. The number of hydrogen-bond donors (Lipinski definition) is 1. The summed E-state index contributed by atoms with van der Waals surface area (Å²) in [5.41, 5.74) is 8.31. The minimum atomic E-state index is -0.220. The number of hydrogen-bond acceptors (Lipinski definition) is 3. The van der Waals surface area contributed by atoms with Crippen LogP contribution in [0.15, 0.2) is 42.5 Å². The molecule has 0 aliphatic heterocycles. The lowest BCUT2D eigenvalue weighted by Crippen LogP contribution is -2.18. The Bertz CT molecular complexity index is 586. The molecule has 0 fully saturated rings. The van der Waals surface area contributed by atoms with Crippen LogP contribution in [0, 0.1) is 5.82 Å². The Kier molecular flexibility index (Phi) is 4.58. The van der Waals surface area contributed by atoms with E-state index >= 15 is 0 Å². The molecule has 0 aliphatic rings. The van der Waals surface area contributed by atoms with Crippen molar-refractivity contribution in [1.82, 2.24) is 0 Å². The predicted octanol–water partition coefficient (Wildman–Crippen LogP) is 2.93. The van der Waals surface area contributed by atoms with E-state index in [-0.39, 0.29) is 5.82 Å². The maximum atomic E-state index is 13.7. The van der Waals surface area contributed by atoms with Gasteiger partial charge < -0.3 is 15.4 Å². The van der Waals surface area contributed by atoms with E-state index in [1.165, 1.54) is 6.07 Å². The largest absolute Gasteiger partial charge is 0.496 e. The van der Waals surface area contributed by atoms with Crippen molar-refractivity contribution in [3.63, 3.8) is 0 Å². The Morgan fingerprint density at radius 1 is 1.20 bits per heavy atom. The number of ether oxygens (including phenoxy) is 1. The van der Waals surface area contributed by atoms with E-state index in [1.807, 2.05) is 36.2 Å². The van der Waals surface area contributed by atoms with Crippen LogP contribution in [0.1, 0.15) is 11.1 Å². The number of benzene rings is 2. The number of nitrogens with two attached hydrogens (primary N) is 1. The smallest absolute Gasteiger partial charge is 0.146 e. The summed E-state index contributed by atoms with van der Waals surface area (Å²) in [5.74, 6) is 0.562. The van der Waals surface area contributed by atoms with Crippen LogP contribution >= 0.6 is 0 Å². The SMILES string of the molecule is COc1ccc(CN(C)c2ccccc2F)cc1CN. The zero-order valence-corrected chi connectivity index (χ0v) is 11.8. The standard InChI is InChI=1S/C16H19FN2O/c1-19(15-6-4-3-5-14(15)17)11-12-7-8-16(20-2)13(9-12)10-18/h3-9H,10-11,18H2,1-2H3. The van der Waals surface area contributed by atoms with E-state index in [2.05, 4.69) is 0 Å². The fourth-order valence-corrected chi connectivity index (χ4v) is 2.21. The number of anilines is 1.